The maximum Gasteiger partial charge on any atom is 0.335 e. The van der Waals surface area contributed by atoms with Crippen LogP contribution >= 0.6 is 15.9 Å². The van der Waals surface area contributed by atoms with Crippen LogP contribution in [0.15, 0.2) is 46.9 Å². The van der Waals surface area contributed by atoms with E-state index in [1.165, 1.54) is 17.7 Å². The van der Waals surface area contributed by atoms with Gasteiger partial charge in [-0.2, -0.15) is 0 Å². The SMILES string of the molecule is Cc1ccc(COc2cc(C(=O)O)ccc2Br)cc1. The van der Waals surface area contributed by atoms with E-state index in [4.69, 9.17) is 9.84 Å². The largest absolute Gasteiger partial charge is 0.488 e. The molecule has 0 fully saturated rings. The first-order chi connectivity index (χ1) is 9.06. The van der Waals surface area contributed by atoms with E-state index in [0.717, 1.165) is 10.0 Å². The molecule has 0 bridgehead atoms. The number of carboxylic acid groups (broad SMARTS) is 1. The van der Waals surface area contributed by atoms with Crippen molar-refractivity contribution < 1.29 is 14.6 Å². The van der Waals surface area contributed by atoms with Crippen molar-refractivity contribution in [3.8, 4) is 5.75 Å². The van der Waals surface area contributed by atoms with Crippen molar-refractivity contribution in [2.75, 3.05) is 0 Å². The number of ether oxygens (including phenoxy) is 1. The zero-order valence-electron chi connectivity index (χ0n) is 10.4. The number of aryl methyl sites for hydroxylation is 1. The first-order valence-electron chi connectivity index (χ1n) is 5.77. The summed E-state index contributed by atoms with van der Waals surface area (Å²) in [7, 11) is 0. The van der Waals surface area contributed by atoms with Crippen LogP contribution in [0.3, 0.4) is 0 Å². The third-order valence-corrected chi connectivity index (χ3v) is 3.35. The monoisotopic (exact) mass is 320 g/mol. The maximum atomic E-state index is 10.9. The third-order valence-electron chi connectivity index (χ3n) is 2.69. The van der Waals surface area contributed by atoms with Crippen LogP contribution in [0, 0.1) is 6.92 Å². The molecule has 2 aromatic rings. The number of halogens is 1. The number of carbonyl (C=O) groups is 1. The summed E-state index contributed by atoms with van der Waals surface area (Å²) in [5.74, 6) is -0.437. The predicted octanol–water partition coefficient (Wildman–Crippen LogP) is 4.03. The highest BCUT2D eigenvalue weighted by Crippen LogP contribution is 2.27. The molecule has 98 valence electrons. The zero-order chi connectivity index (χ0) is 13.8. The van der Waals surface area contributed by atoms with Gasteiger partial charge >= 0.3 is 5.97 Å². The molecule has 0 radical (unpaired) electrons. The Kier molecular flexibility index (Phi) is 4.22. The van der Waals surface area contributed by atoms with Crippen molar-refractivity contribution in [2.45, 2.75) is 13.5 Å². The summed E-state index contributed by atoms with van der Waals surface area (Å²) in [6.07, 6.45) is 0. The molecule has 0 aromatic heterocycles. The number of rotatable bonds is 4. The van der Waals surface area contributed by atoms with Crippen molar-refractivity contribution in [1.82, 2.24) is 0 Å². The van der Waals surface area contributed by atoms with E-state index in [0.29, 0.717) is 12.4 Å². The van der Waals surface area contributed by atoms with Gasteiger partial charge in [0.2, 0.25) is 0 Å². The number of benzene rings is 2. The second-order valence-electron chi connectivity index (χ2n) is 4.22. The van der Waals surface area contributed by atoms with Crippen LogP contribution in [0.25, 0.3) is 0 Å². The molecule has 3 nitrogen and oxygen atoms in total. The molecule has 0 saturated carbocycles. The Labute approximate surface area is 120 Å². The molecule has 1 N–H and O–H groups in total. The van der Waals surface area contributed by atoms with Crippen LogP contribution in [-0.2, 0) is 6.61 Å². The average molecular weight is 321 g/mol. The first-order valence-corrected chi connectivity index (χ1v) is 6.57. The smallest absolute Gasteiger partial charge is 0.335 e. The quantitative estimate of drug-likeness (QED) is 0.924. The minimum atomic E-state index is -0.965. The van der Waals surface area contributed by atoms with E-state index >= 15 is 0 Å². The van der Waals surface area contributed by atoms with E-state index in [1.54, 1.807) is 6.07 Å². The van der Waals surface area contributed by atoms with Crippen LogP contribution in [0.2, 0.25) is 0 Å². The van der Waals surface area contributed by atoms with Crippen molar-refractivity contribution in [2.24, 2.45) is 0 Å². The highest BCUT2D eigenvalue weighted by molar-refractivity contribution is 9.10. The van der Waals surface area contributed by atoms with Gasteiger partial charge in [0.1, 0.15) is 12.4 Å². The minimum Gasteiger partial charge on any atom is -0.488 e. The highest BCUT2D eigenvalue weighted by atomic mass is 79.9. The maximum absolute atomic E-state index is 10.9. The number of hydrogen-bond acceptors (Lipinski definition) is 2. The van der Waals surface area contributed by atoms with Crippen molar-refractivity contribution in [1.29, 1.82) is 0 Å². The van der Waals surface area contributed by atoms with Crippen LogP contribution in [0.1, 0.15) is 21.5 Å². The summed E-state index contributed by atoms with van der Waals surface area (Å²) in [6, 6.07) is 12.7. The van der Waals surface area contributed by atoms with E-state index in [-0.39, 0.29) is 5.56 Å². The molecule has 2 aromatic carbocycles. The second-order valence-corrected chi connectivity index (χ2v) is 5.08. The molecule has 4 heteroatoms. The Morgan fingerprint density at radius 2 is 1.89 bits per heavy atom. The van der Waals surface area contributed by atoms with Gasteiger partial charge in [-0.3, -0.25) is 0 Å². The third kappa shape index (κ3) is 3.58. The molecule has 0 aliphatic heterocycles. The number of hydrogen-bond donors (Lipinski definition) is 1. The van der Waals surface area contributed by atoms with Gasteiger partial charge in [0.25, 0.3) is 0 Å². The Morgan fingerprint density at radius 1 is 1.21 bits per heavy atom. The highest BCUT2D eigenvalue weighted by Gasteiger charge is 2.08. The topological polar surface area (TPSA) is 46.5 Å². The number of aromatic carboxylic acids is 1. The second kappa shape index (κ2) is 5.89. The van der Waals surface area contributed by atoms with E-state index < -0.39 is 5.97 Å². The number of carboxylic acids is 1. The van der Waals surface area contributed by atoms with Gasteiger partial charge in [0.05, 0.1) is 10.0 Å². The lowest BCUT2D eigenvalue weighted by atomic mass is 10.2. The molecule has 0 saturated heterocycles. The van der Waals surface area contributed by atoms with Gasteiger partial charge in [-0.15, -0.1) is 0 Å². The van der Waals surface area contributed by atoms with Crippen LogP contribution < -0.4 is 4.74 Å². The van der Waals surface area contributed by atoms with Crippen molar-refractivity contribution in [3.63, 3.8) is 0 Å². The van der Waals surface area contributed by atoms with Gasteiger partial charge in [-0.1, -0.05) is 29.8 Å². The lowest BCUT2D eigenvalue weighted by Gasteiger charge is -2.09. The van der Waals surface area contributed by atoms with Crippen molar-refractivity contribution >= 4 is 21.9 Å². The van der Waals surface area contributed by atoms with Gasteiger partial charge in [-0.25, -0.2) is 4.79 Å². The van der Waals surface area contributed by atoms with E-state index in [1.807, 2.05) is 31.2 Å². The molecular weight excluding hydrogens is 308 g/mol. The molecule has 2 rings (SSSR count). The minimum absolute atomic E-state index is 0.210. The Morgan fingerprint density at radius 3 is 2.53 bits per heavy atom. The Bertz CT molecular complexity index is 591. The van der Waals surface area contributed by atoms with Crippen LogP contribution in [0.4, 0.5) is 0 Å². The summed E-state index contributed by atoms with van der Waals surface area (Å²) >= 11 is 3.35. The average Bonchev–Trinajstić information content (AvgIpc) is 2.39. The summed E-state index contributed by atoms with van der Waals surface area (Å²) < 4.78 is 6.38. The van der Waals surface area contributed by atoms with E-state index in [9.17, 15) is 4.79 Å². The predicted molar refractivity (Wildman–Crippen MR) is 76.6 cm³/mol. The summed E-state index contributed by atoms with van der Waals surface area (Å²) in [5, 5.41) is 8.95. The summed E-state index contributed by atoms with van der Waals surface area (Å²) in [6.45, 7) is 2.43. The molecule has 0 unspecified atom stereocenters. The molecule has 0 atom stereocenters. The summed E-state index contributed by atoms with van der Waals surface area (Å²) in [5.41, 5.74) is 2.44. The van der Waals surface area contributed by atoms with E-state index in [2.05, 4.69) is 15.9 Å². The fraction of sp³-hybridized carbons (Fsp3) is 0.133. The molecule has 0 aliphatic carbocycles. The molecular formula is C15H13BrO3. The van der Waals surface area contributed by atoms with Gasteiger partial charge in [-0.05, 0) is 46.6 Å². The summed E-state index contributed by atoms with van der Waals surface area (Å²) in [4.78, 5) is 10.9. The lowest BCUT2D eigenvalue weighted by Crippen LogP contribution is -2.00. The molecule has 19 heavy (non-hydrogen) atoms. The van der Waals surface area contributed by atoms with Crippen molar-refractivity contribution in [3.05, 3.63) is 63.6 Å². The zero-order valence-corrected chi connectivity index (χ0v) is 12.0. The Hall–Kier alpha value is -1.81. The normalized spacial score (nSPS) is 10.2. The van der Waals surface area contributed by atoms with Gasteiger partial charge in [0.15, 0.2) is 0 Å². The molecule has 0 aliphatic rings. The molecule has 0 spiro atoms. The van der Waals surface area contributed by atoms with Gasteiger partial charge < -0.3 is 9.84 Å². The van der Waals surface area contributed by atoms with Crippen LogP contribution in [0.5, 0.6) is 5.75 Å². The fourth-order valence-corrected chi connectivity index (χ4v) is 1.95. The lowest BCUT2D eigenvalue weighted by molar-refractivity contribution is 0.0696. The Balaban J connectivity index is 2.12. The fourth-order valence-electron chi connectivity index (χ4n) is 1.59. The standard InChI is InChI=1S/C15H13BrO3/c1-10-2-4-11(5-3-10)9-19-14-8-12(15(17)18)6-7-13(14)16/h2-8H,9H2,1H3,(H,17,18). The van der Waals surface area contributed by atoms with Crippen LogP contribution in [-0.4, -0.2) is 11.1 Å². The molecule has 0 amide bonds. The van der Waals surface area contributed by atoms with Gasteiger partial charge in [0, 0.05) is 0 Å². The molecule has 0 heterocycles. The first kappa shape index (κ1) is 13.6.